The van der Waals surface area contributed by atoms with Crippen LogP contribution in [-0.2, 0) is 11.3 Å². The Morgan fingerprint density at radius 2 is 2.04 bits per heavy atom. The summed E-state index contributed by atoms with van der Waals surface area (Å²) in [5.74, 6) is -1.01. The van der Waals surface area contributed by atoms with Crippen molar-refractivity contribution in [1.82, 2.24) is 20.0 Å². The minimum atomic E-state index is -0.855. The van der Waals surface area contributed by atoms with Gasteiger partial charge in [-0.3, -0.25) is 14.3 Å². The Kier molecular flexibility index (Phi) is 4.89. The van der Waals surface area contributed by atoms with Crippen LogP contribution < -0.4 is 5.32 Å². The van der Waals surface area contributed by atoms with Gasteiger partial charge in [0.25, 0.3) is 5.91 Å². The molecule has 0 unspecified atom stereocenters. The highest BCUT2D eigenvalue weighted by Gasteiger charge is 2.35. The van der Waals surface area contributed by atoms with Crippen LogP contribution in [0.5, 0.6) is 0 Å². The van der Waals surface area contributed by atoms with Crippen molar-refractivity contribution in [2.45, 2.75) is 12.6 Å². The van der Waals surface area contributed by atoms with Crippen LogP contribution in [0.25, 0.3) is 0 Å². The van der Waals surface area contributed by atoms with Gasteiger partial charge >= 0.3 is 0 Å². The number of benzene rings is 2. The summed E-state index contributed by atoms with van der Waals surface area (Å²) in [4.78, 5) is 27.2. The maximum absolute atomic E-state index is 13.7. The lowest BCUT2D eigenvalue weighted by Gasteiger charge is -2.35. The molecule has 0 aliphatic carbocycles. The van der Waals surface area contributed by atoms with Gasteiger partial charge in [-0.1, -0.05) is 24.3 Å². The van der Waals surface area contributed by atoms with Crippen molar-refractivity contribution in [3.05, 3.63) is 89.5 Å². The van der Waals surface area contributed by atoms with Crippen molar-refractivity contribution in [2.24, 2.45) is 0 Å². The molecule has 1 aromatic heterocycles. The molecule has 1 aliphatic rings. The molecule has 2 amide bonds. The van der Waals surface area contributed by atoms with Crippen molar-refractivity contribution < 1.29 is 14.0 Å². The van der Waals surface area contributed by atoms with E-state index in [1.807, 2.05) is 24.4 Å². The standard InChI is InChI=1S/C21H19FN4O2/c22-18-7-2-5-16(13-18)19-20(27)23-9-11-26(19)21(28)17-6-1-4-15(12-17)14-25-10-3-8-24-25/h1-8,10,12-13,19H,9,11,14H2,(H,23,27)/t19-/m1/s1. The second kappa shape index (κ2) is 7.64. The molecule has 0 bridgehead atoms. The number of hydrogen-bond acceptors (Lipinski definition) is 3. The number of halogens is 1. The predicted molar refractivity (Wildman–Crippen MR) is 101 cm³/mol. The maximum atomic E-state index is 13.7. The molecule has 2 heterocycles. The number of nitrogens with one attached hydrogen (secondary N) is 1. The van der Waals surface area contributed by atoms with Crippen molar-refractivity contribution in [1.29, 1.82) is 0 Å². The lowest BCUT2D eigenvalue weighted by atomic mass is 10.0. The van der Waals surface area contributed by atoms with Crippen LogP contribution in [0.4, 0.5) is 4.39 Å². The molecular weight excluding hydrogens is 359 g/mol. The first-order valence-corrected chi connectivity index (χ1v) is 9.02. The average molecular weight is 378 g/mol. The van der Waals surface area contributed by atoms with Crippen LogP contribution in [-0.4, -0.2) is 39.6 Å². The van der Waals surface area contributed by atoms with Gasteiger partial charge in [-0.15, -0.1) is 0 Å². The summed E-state index contributed by atoms with van der Waals surface area (Å²) in [6.07, 6.45) is 3.55. The number of amides is 2. The minimum Gasteiger partial charge on any atom is -0.352 e. The molecule has 1 aliphatic heterocycles. The van der Waals surface area contributed by atoms with Gasteiger partial charge in [0.15, 0.2) is 0 Å². The largest absolute Gasteiger partial charge is 0.352 e. The highest BCUT2D eigenvalue weighted by molar-refractivity contribution is 5.98. The lowest BCUT2D eigenvalue weighted by molar-refractivity contribution is -0.128. The molecule has 6 nitrogen and oxygen atoms in total. The molecule has 142 valence electrons. The van der Waals surface area contributed by atoms with E-state index < -0.39 is 11.9 Å². The molecule has 7 heteroatoms. The van der Waals surface area contributed by atoms with Gasteiger partial charge in [-0.05, 0) is 41.5 Å². The quantitative estimate of drug-likeness (QED) is 0.758. The minimum absolute atomic E-state index is 0.258. The maximum Gasteiger partial charge on any atom is 0.254 e. The molecule has 28 heavy (non-hydrogen) atoms. The number of hydrogen-bond donors (Lipinski definition) is 1. The Hall–Kier alpha value is -3.48. The van der Waals surface area contributed by atoms with Gasteiger partial charge < -0.3 is 10.2 Å². The van der Waals surface area contributed by atoms with Crippen molar-refractivity contribution in [3.63, 3.8) is 0 Å². The summed E-state index contributed by atoms with van der Waals surface area (Å²) < 4.78 is 15.5. The number of carbonyl (C=O) groups excluding carboxylic acids is 2. The van der Waals surface area contributed by atoms with Crippen LogP contribution in [0, 0.1) is 5.82 Å². The smallest absolute Gasteiger partial charge is 0.254 e. The predicted octanol–water partition coefficient (Wildman–Crippen LogP) is 2.38. The van der Waals surface area contributed by atoms with E-state index in [0.717, 1.165) is 5.56 Å². The molecule has 0 saturated carbocycles. The van der Waals surface area contributed by atoms with Gasteiger partial charge in [-0.2, -0.15) is 5.10 Å². The van der Waals surface area contributed by atoms with E-state index in [0.29, 0.717) is 30.8 Å². The van der Waals surface area contributed by atoms with Gasteiger partial charge in [0.2, 0.25) is 5.91 Å². The number of carbonyl (C=O) groups is 2. The zero-order valence-electron chi connectivity index (χ0n) is 15.1. The van der Waals surface area contributed by atoms with Crippen molar-refractivity contribution in [2.75, 3.05) is 13.1 Å². The van der Waals surface area contributed by atoms with E-state index >= 15 is 0 Å². The molecule has 0 radical (unpaired) electrons. The number of piperazine rings is 1. The molecular formula is C21H19FN4O2. The number of rotatable bonds is 4. The lowest BCUT2D eigenvalue weighted by Crippen LogP contribution is -2.52. The monoisotopic (exact) mass is 378 g/mol. The zero-order chi connectivity index (χ0) is 19.5. The first kappa shape index (κ1) is 17.9. The fourth-order valence-corrected chi connectivity index (χ4v) is 3.44. The van der Waals surface area contributed by atoms with Crippen LogP contribution in [0.15, 0.2) is 67.0 Å². The second-order valence-corrected chi connectivity index (χ2v) is 6.65. The summed E-state index contributed by atoms with van der Waals surface area (Å²) >= 11 is 0. The topological polar surface area (TPSA) is 67.2 Å². The van der Waals surface area contributed by atoms with Crippen molar-refractivity contribution >= 4 is 11.8 Å². The van der Waals surface area contributed by atoms with Gasteiger partial charge in [0.05, 0.1) is 6.54 Å². The van der Waals surface area contributed by atoms with Gasteiger partial charge in [-0.25, -0.2) is 4.39 Å². The molecule has 1 atom stereocenters. The average Bonchev–Trinajstić information content (AvgIpc) is 3.20. The van der Waals surface area contributed by atoms with Crippen LogP contribution in [0.3, 0.4) is 0 Å². The fraction of sp³-hybridized carbons (Fsp3) is 0.190. The summed E-state index contributed by atoms with van der Waals surface area (Å²) in [5.41, 5.74) is 1.87. The highest BCUT2D eigenvalue weighted by atomic mass is 19.1. The van der Waals surface area contributed by atoms with Gasteiger partial charge in [0, 0.05) is 31.0 Å². The van der Waals surface area contributed by atoms with Crippen molar-refractivity contribution in [3.8, 4) is 0 Å². The van der Waals surface area contributed by atoms with E-state index in [1.54, 1.807) is 35.1 Å². The summed E-state index contributed by atoms with van der Waals surface area (Å²) in [5, 5.41) is 6.94. The SMILES string of the molecule is O=C1NCCN(C(=O)c2cccc(Cn3cccn3)c2)[C@@H]1c1cccc(F)c1. The third kappa shape index (κ3) is 3.64. The van der Waals surface area contributed by atoms with Crippen LogP contribution in [0.1, 0.15) is 27.5 Å². The number of nitrogens with zero attached hydrogens (tertiary/aromatic N) is 3. The molecule has 4 rings (SSSR count). The molecule has 1 N–H and O–H groups in total. The third-order valence-corrected chi connectivity index (χ3v) is 4.71. The van der Waals surface area contributed by atoms with Gasteiger partial charge in [0.1, 0.15) is 11.9 Å². The third-order valence-electron chi connectivity index (χ3n) is 4.71. The zero-order valence-corrected chi connectivity index (χ0v) is 15.1. The van der Waals surface area contributed by atoms with E-state index in [-0.39, 0.29) is 11.8 Å². The summed E-state index contributed by atoms with van der Waals surface area (Å²) in [7, 11) is 0. The van der Waals surface area contributed by atoms with E-state index in [4.69, 9.17) is 0 Å². The Morgan fingerprint density at radius 3 is 2.82 bits per heavy atom. The van der Waals surface area contributed by atoms with E-state index in [9.17, 15) is 14.0 Å². The first-order chi connectivity index (χ1) is 13.6. The summed E-state index contributed by atoms with van der Waals surface area (Å²) in [6.45, 7) is 1.26. The van der Waals surface area contributed by atoms with E-state index in [1.165, 1.54) is 17.0 Å². The number of aromatic nitrogens is 2. The Bertz CT molecular complexity index is 1000. The second-order valence-electron chi connectivity index (χ2n) is 6.65. The Labute approximate surface area is 161 Å². The highest BCUT2D eigenvalue weighted by Crippen LogP contribution is 2.26. The normalized spacial score (nSPS) is 16.7. The molecule has 1 fully saturated rings. The van der Waals surface area contributed by atoms with Crippen LogP contribution >= 0.6 is 0 Å². The van der Waals surface area contributed by atoms with Crippen LogP contribution in [0.2, 0.25) is 0 Å². The summed E-state index contributed by atoms with van der Waals surface area (Å²) in [6, 6.07) is 14.1. The molecule has 2 aromatic carbocycles. The van der Waals surface area contributed by atoms with E-state index in [2.05, 4.69) is 10.4 Å². The first-order valence-electron chi connectivity index (χ1n) is 9.02. The fourth-order valence-electron chi connectivity index (χ4n) is 3.44. The molecule has 3 aromatic rings. The Balaban J connectivity index is 1.63. The Morgan fingerprint density at radius 1 is 1.18 bits per heavy atom. The molecule has 1 saturated heterocycles. The molecule has 0 spiro atoms.